The highest BCUT2D eigenvalue weighted by Gasteiger charge is 2.29. The van der Waals surface area contributed by atoms with E-state index in [4.69, 9.17) is 14.2 Å². The van der Waals surface area contributed by atoms with Gasteiger partial charge in [-0.15, -0.1) is 0 Å². The van der Waals surface area contributed by atoms with E-state index in [-0.39, 0.29) is 37.5 Å². The van der Waals surface area contributed by atoms with E-state index < -0.39 is 0 Å². The van der Waals surface area contributed by atoms with Crippen molar-refractivity contribution in [2.45, 2.75) is 26.2 Å². The second kappa shape index (κ2) is 10.9. The summed E-state index contributed by atoms with van der Waals surface area (Å²) < 4.78 is 16.4. The van der Waals surface area contributed by atoms with Gasteiger partial charge in [0.15, 0.2) is 13.2 Å². The number of carbonyl (C=O) groups is 3. The number of anilines is 2. The number of rotatable bonds is 8. The third-order valence-electron chi connectivity index (χ3n) is 5.69. The Bertz CT molecular complexity index is 1030. The molecule has 0 saturated carbocycles. The smallest absolute Gasteiger partial charge is 0.265 e. The molecule has 1 N–H and O–H groups in total. The van der Waals surface area contributed by atoms with Crippen LogP contribution in [0.3, 0.4) is 0 Å². The lowest BCUT2D eigenvalue weighted by atomic mass is 10.1. The van der Waals surface area contributed by atoms with Crippen LogP contribution in [0.4, 0.5) is 11.4 Å². The van der Waals surface area contributed by atoms with Crippen molar-refractivity contribution in [3.63, 3.8) is 0 Å². The molecule has 2 heterocycles. The summed E-state index contributed by atoms with van der Waals surface area (Å²) in [5.41, 5.74) is 0.944. The van der Waals surface area contributed by atoms with E-state index in [1.54, 1.807) is 47.4 Å². The van der Waals surface area contributed by atoms with E-state index in [1.807, 2.05) is 6.92 Å². The molecule has 180 valence electrons. The van der Waals surface area contributed by atoms with Crippen LogP contribution in [-0.2, 0) is 14.4 Å². The molecule has 0 radical (unpaired) electrons. The molecular weight excluding hydrogens is 438 g/mol. The molecule has 0 aliphatic carbocycles. The lowest BCUT2D eigenvalue weighted by Crippen LogP contribution is -2.47. The number of benzene rings is 2. The number of amides is 3. The maximum atomic E-state index is 12.8. The van der Waals surface area contributed by atoms with Gasteiger partial charge in [0.05, 0.1) is 12.3 Å². The van der Waals surface area contributed by atoms with Gasteiger partial charge < -0.3 is 24.4 Å². The van der Waals surface area contributed by atoms with Crippen molar-refractivity contribution in [1.29, 1.82) is 0 Å². The van der Waals surface area contributed by atoms with Crippen LogP contribution in [0.25, 0.3) is 0 Å². The first-order valence-corrected chi connectivity index (χ1v) is 11.5. The summed E-state index contributed by atoms with van der Waals surface area (Å²) in [6.07, 6.45) is 3.08. The van der Waals surface area contributed by atoms with Gasteiger partial charge in [0.1, 0.15) is 23.8 Å². The zero-order valence-electron chi connectivity index (χ0n) is 19.2. The molecule has 2 aromatic carbocycles. The maximum Gasteiger partial charge on any atom is 0.265 e. The van der Waals surface area contributed by atoms with Gasteiger partial charge >= 0.3 is 0 Å². The highest BCUT2D eigenvalue weighted by molar-refractivity contribution is 6.03. The molecule has 1 saturated heterocycles. The first-order chi connectivity index (χ1) is 16.5. The van der Waals surface area contributed by atoms with Gasteiger partial charge in [0, 0.05) is 18.8 Å². The van der Waals surface area contributed by atoms with Gasteiger partial charge in [-0.3, -0.25) is 19.3 Å². The van der Waals surface area contributed by atoms with Gasteiger partial charge in [0.25, 0.3) is 11.8 Å². The summed E-state index contributed by atoms with van der Waals surface area (Å²) in [5, 5.41) is 2.77. The van der Waals surface area contributed by atoms with Crippen molar-refractivity contribution in [1.82, 2.24) is 4.90 Å². The Balaban J connectivity index is 1.38. The lowest BCUT2D eigenvalue weighted by Gasteiger charge is -2.33. The Morgan fingerprint density at radius 3 is 2.41 bits per heavy atom. The normalized spacial score (nSPS) is 15.3. The minimum absolute atomic E-state index is 0.0482. The Kier molecular flexibility index (Phi) is 7.51. The zero-order chi connectivity index (χ0) is 23.9. The van der Waals surface area contributed by atoms with E-state index in [0.29, 0.717) is 42.6 Å². The minimum Gasteiger partial charge on any atom is -0.494 e. The molecule has 0 spiro atoms. The molecule has 2 aromatic rings. The fraction of sp³-hybridized carbons (Fsp3) is 0.400. The molecule has 2 aliphatic heterocycles. The Morgan fingerprint density at radius 2 is 1.71 bits per heavy atom. The minimum atomic E-state index is -0.354. The largest absolute Gasteiger partial charge is 0.494 e. The number of nitrogens with zero attached hydrogens (tertiary/aromatic N) is 2. The predicted octanol–water partition coefficient (Wildman–Crippen LogP) is 2.84. The molecule has 34 heavy (non-hydrogen) atoms. The molecule has 0 bridgehead atoms. The quantitative estimate of drug-likeness (QED) is 0.641. The highest BCUT2D eigenvalue weighted by atomic mass is 16.5. The van der Waals surface area contributed by atoms with Gasteiger partial charge in [-0.25, -0.2) is 0 Å². The molecule has 3 amide bonds. The topological polar surface area (TPSA) is 97.4 Å². The van der Waals surface area contributed by atoms with Crippen molar-refractivity contribution in [3.8, 4) is 17.2 Å². The first-order valence-electron chi connectivity index (χ1n) is 11.5. The van der Waals surface area contributed by atoms with Crippen LogP contribution in [0.15, 0.2) is 42.5 Å². The van der Waals surface area contributed by atoms with Crippen molar-refractivity contribution in [3.05, 3.63) is 42.5 Å². The van der Waals surface area contributed by atoms with Crippen LogP contribution < -0.4 is 24.4 Å². The second-order valence-electron chi connectivity index (χ2n) is 8.13. The third kappa shape index (κ3) is 5.78. The van der Waals surface area contributed by atoms with E-state index in [0.717, 1.165) is 25.0 Å². The Labute approximate surface area is 198 Å². The molecule has 1 fully saturated rings. The molecule has 0 aromatic heterocycles. The Morgan fingerprint density at radius 1 is 1.00 bits per heavy atom. The maximum absolute atomic E-state index is 12.8. The molecule has 0 atom stereocenters. The van der Waals surface area contributed by atoms with Crippen LogP contribution in [0.1, 0.15) is 26.2 Å². The van der Waals surface area contributed by atoms with Crippen molar-refractivity contribution >= 4 is 29.1 Å². The second-order valence-corrected chi connectivity index (χ2v) is 8.13. The molecular formula is C25H29N3O6. The average molecular weight is 468 g/mol. The van der Waals surface area contributed by atoms with Gasteiger partial charge in [0.2, 0.25) is 5.91 Å². The molecule has 4 rings (SSSR count). The van der Waals surface area contributed by atoms with Gasteiger partial charge in [-0.05, 0) is 68.7 Å². The molecule has 9 heteroatoms. The number of hydrogen-bond acceptors (Lipinski definition) is 6. The number of likely N-dealkylation sites (tertiary alicyclic amines) is 1. The van der Waals surface area contributed by atoms with Crippen LogP contribution in [0, 0.1) is 0 Å². The zero-order valence-corrected chi connectivity index (χ0v) is 19.2. The van der Waals surface area contributed by atoms with E-state index >= 15 is 0 Å². The van der Waals surface area contributed by atoms with Crippen LogP contribution in [-0.4, -0.2) is 62.1 Å². The number of piperidine rings is 1. The first kappa shape index (κ1) is 23.4. The Hall–Kier alpha value is -3.75. The van der Waals surface area contributed by atoms with Crippen molar-refractivity contribution < 1.29 is 28.6 Å². The fourth-order valence-electron chi connectivity index (χ4n) is 3.98. The van der Waals surface area contributed by atoms with E-state index in [2.05, 4.69) is 5.32 Å². The fourth-order valence-corrected chi connectivity index (χ4v) is 3.98. The SMILES string of the molecule is CCOc1ccc(OCC(=O)Nc2ccc3c(c2)N(CC(=O)N2CCCCC2)C(=O)CO3)cc1. The third-order valence-corrected chi connectivity index (χ3v) is 5.69. The highest BCUT2D eigenvalue weighted by Crippen LogP contribution is 2.34. The average Bonchev–Trinajstić information content (AvgIpc) is 2.86. The number of fused-ring (bicyclic) bond motifs is 1. The summed E-state index contributed by atoms with van der Waals surface area (Å²) in [6.45, 7) is 3.56. The van der Waals surface area contributed by atoms with Crippen LogP contribution in [0.2, 0.25) is 0 Å². The van der Waals surface area contributed by atoms with E-state index in [9.17, 15) is 14.4 Å². The monoisotopic (exact) mass is 467 g/mol. The summed E-state index contributed by atoms with van der Waals surface area (Å²) in [6, 6.07) is 12.0. The van der Waals surface area contributed by atoms with Crippen LogP contribution in [0.5, 0.6) is 17.2 Å². The summed E-state index contributed by atoms with van der Waals surface area (Å²) >= 11 is 0. The summed E-state index contributed by atoms with van der Waals surface area (Å²) in [7, 11) is 0. The van der Waals surface area contributed by atoms with Crippen molar-refractivity contribution in [2.24, 2.45) is 0 Å². The van der Waals surface area contributed by atoms with Crippen molar-refractivity contribution in [2.75, 3.05) is 49.7 Å². The number of hydrogen-bond donors (Lipinski definition) is 1. The van der Waals surface area contributed by atoms with Crippen LogP contribution >= 0.6 is 0 Å². The number of carbonyl (C=O) groups excluding carboxylic acids is 3. The number of nitrogens with one attached hydrogen (secondary N) is 1. The summed E-state index contributed by atoms with van der Waals surface area (Å²) in [4.78, 5) is 41.0. The summed E-state index contributed by atoms with van der Waals surface area (Å²) in [5.74, 6) is 1.04. The molecule has 2 aliphatic rings. The lowest BCUT2D eigenvalue weighted by molar-refractivity contribution is -0.132. The molecule has 9 nitrogen and oxygen atoms in total. The molecule has 0 unspecified atom stereocenters. The predicted molar refractivity (Wildman–Crippen MR) is 126 cm³/mol. The number of ether oxygens (including phenoxy) is 3. The van der Waals surface area contributed by atoms with Gasteiger partial charge in [-0.2, -0.15) is 0 Å². The van der Waals surface area contributed by atoms with Gasteiger partial charge in [-0.1, -0.05) is 0 Å². The standard InChI is InChI=1S/C25H29N3O6/c1-2-32-19-7-9-20(10-8-19)33-16-23(29)26-18-6-11-22-21(14-18)28(25(31)17-34-22)15-24(30)27-12-4-3-5-13-27/h6-11,14H,2-5,12-13,15-17H2,1H3,(H,26,29). The van der Waals surface area contributed by atoms with E-state index in [1.165, 1.54) is 4.90 Å².